The molecule has 0 aliphatic carbocycles. The van der Waals surface area contributed by atoms with E-state index in [2.05, 4.69) is 9.47 Å². The van der Waals surface area contributed by atoms with Crippen molar-refractivity contribution >= 4 is 5.97 Å². The monoisotopic (exact) mass is 192 g/mol. The van der Waals surface area contributed by atoms with E-state index in [9.17, 15) is 9.90 Å². The second-order valence-electron chi connectivity index (χ2n) is 2.85. The number of aliphatic hydroxyl groups excluding tert-OH is 3. The third kappa shape index (κ3) is 2.38. The van der Waals surface area contributed by atoms with Gasteiger partial charge in [0.2, 0.25) is 0 Å². The highest BCUT2D eigenvalue weighted by Crippen LogP contribution is 2.16. The molecule has 1 fully saturated rings. The van der Waals surface area contributed by atoms with Crippen molar-refractivity contribution in [2.45, 2.75) is 31.5 Å². The van der Waals surface area contributed by atoms with E-state index >= 15 is 0 Å². The summed E-state index contributed by atoms with van der Waals surface area (Å²) in [5.41, 5.74) is 0. The first-order chi connectivity index (χ1) is 6.02. The SMILES string of the molecule is CC(=O)O[C@H]1CO[C@@H](O)[C@H](O)[C@H]1O. The number of aliphatic hydroxyl groups is 3. The molecule has 3 N–H and O–H groups in total. The number of carbonyl (C=O) groups is 1. The molecule has 0 aromatic heterocycles. The first-order valence-electron chi connectivity index (χ1n) is 3.85. The van der Waals surface area contributed by atoms with Crippen molar-refractivity contribution in [2.75, 3.05) is 6.61 Å². The van der Waals surface area contributed by atoms with Gasteiger partial charge in [-0.1, -0.05) is 0 Å². The molecule has 0 saturated carbocycles. The van der Waals surface area contributed by atoms with Gasteiger partial charge in [0.1, 0.15) is 12.2 Å². The quantitative estimate of drug-likeness (QED) is 0.415. The Balaban J connectivity index is 2.53. The molecule has 1 rings (SSSR count). The van der Waals surface area contributed by atoms with Gasteiger partial charge in [0.05, 0.1) is 6.61 Å². The van der Waals surface area contributed by atoms with Gasteiger partial charge in [0, 0.05) is 6.92 Å². The van der Waals surface area contributed by atoms with Gasteiger partial charge in [-0.25, -0.2) is 0 Å². The van der Waals surface area contributed by atoms with E-state index in [1.165, 1.54) is 6.92 Å². The second-order valence-corrected chi connectivity index (χ2v) is 2.85. The van der Waals surface area contributed by atoms with Crippen molar-refractivity contribution in [3.8, 4) is 0 Å². The van der Waals surface area contributed by atoms with Crippen LogP contribution in [0, 0.1) is 0 Å². The molecular formula is C7H12O6. The largest absolute Gasteiger partial charge is 0.457 e. The van der Waals surface area contributed by atoms with Crippen molar-refractivity contribution in [1.82, 2.24) is 0 Å². The lowest BCUT2D eigenvalue weighted by Crippen LogP contribution is -2.54. The maximum Gasteiger partial charge on any atom is 0.303 e. The Labute approximate surface area is 74.7 Å². The van der Waals surface area contributed by atoms with E-state index in [0.29, 0.717) is 0 Å². The highest BCUT2D eigenvalue weighted by molar-refractivity contribution is 5.66. The molecule has 0 aromatic carbocycles. The molecule has 0 radical (unpaired) electrons. The molecule has 4 atom stereocenters. The molecule has 0 unspecified atom stereocenters. The molecule has 0 bridgehead atoms. The number of carbonyl (C=O) groups excluding carboxylic acids is 1. The summed E-state index contributed by atoms with van der Waals surface area (Å²) >= 11 is 0. The Kier molecular flexibility index (Phi) is 3.21. The molecular weight excluding hydrogens is 180 g/mol. The zero-order valence-electron chi connectivity index (χ0n) is 7.08. The number of esters is 1. The van der Waals surface area contributed by atoms with Crippen molar-refractivity contribution in [2.24, 2.45) is 0 Å². The highest BCUT2D eigenvalue weighted by atomic mass is 16.6. The summed E-state index contributed by atoms with van der Waals surface area (Å²) in [7, 11) is 0. The van der Waals surface area contributed by atoms with Crippen LogP contribution in [0.3, 0.4) is 0 Å². The standard InChI is InChI=1S/C7H12O6/c1-3(8)13-4-2-12-7(11)6(10)5(4)9/h4-7,9-11H,2H2,1H3/t4-,5-,6+,7+/m0/s1. The van der Waals surface area contributed by atoms with Crippen molar-refractivity contribution in [3.05, 3.63) is 0 Å². The summed E-state index contributed by atoms with van der Waals surface area (Å²) in [4.78, 5) is 10.5. The molecule has 0 aromatic rings. The van der Waals surface area contributed by atoms with Crippen LogP contribution in [-0.2, 0) is 14.3 Å². The topological polar surface area (TPSA) is 96.2 Å². The lowest BCUT2D eigenvalue weighted by Gasteiger charge is -2.34. The van der Waals surface area contributed by atoms with Crippen LogP contribution in [-0.4, -0.2) is 52.5 Å². The average Bonchev–Trinajstić information content (AvgIpc) is 2.06. The molecule has 13 heavy (non-hydrogen) atoms. The van der Waals surface area contributed by atoms with Crippen molar-refractivity contribution in [1.29, 1.82) is 0 Å². The predicted octanol–water partition coefficient (Wildman–Crippen LogP) is -2.01. The van der Waals surface area contributed by atoms with Crippen LogP contribution >= 0.6 is 0 Å². The number of hydrogen-bond donors (Lipinski definition) is 3. The molecule has 6 heteroatoms. The van der Waals surface area contributed by atoms with Gasteiger partial charge in [-0.2, -0.15) is 0 Å². The zero-order chi connectivity index (χ0) is 10.0. The van der Waals surface area contributed by atoms with Crippen LogP contribution < -0.4 is 0 Å². The van der Waals surface area contributed by atoms with E-state index < -0.39 is 30.6 Å². The first kappa shape index (κ1) is 10.4. The Bertz CT molecular complexity index is 193. The maximum atomic E-state index is 10.5. The van der Waals surface area contributed by atoms with E-state index in [-0.39, 0.29) is 6.61 Å². The normalized spacial score (nSPS) is 40.0. The fourth-order valence-corrected chi connectivity index (χ4v) is 1.10. The van der Waals surface area contributed by atoms with Crippen LogP contribution in [0.25, 0.3) is 0 Å². The molecule has 0 amide bonds. The van der Waals surface area contributed by atoms with Crippen LogP contribution in [0.5, 0.6) is 0 Å². The smallest absolute Gasteiger partial charge is 0.303 e. The minimum Gasteiger partial charge on any atom is -0.457 e. The summed E-state index contributed by atoms with van der Waals surface area (Å²) in [6, 6.07) is 0. The van der Waals surface area contributed by atoms with Gasteiger partial charge in [-0.05, 0) is 0 Å². The van der Waals surface area contributed by atoms with Gasteiger partial charge >= 0.3 is 5.97 Å². The van der Waals surface area contributed by atoms with Gasteiger partial charge in [0.15, 0.2) is 12.4 Å². The molecule has 76 valence electrons. The molecule has 1 heterocycles. The van der Waals surface area contributed by atoms with Crippen molar-refractivity contribution < 1.29 is 29.6 Å². The lowest BCUT2D eigenvalue weighted by atomic mass is 10.1. The van der Waals surface area contributed by atoms with Gasteiger partial charge in [-0.15, -0.1) is 0 Å². The Morgan fingerprint density at radius 1 is 1.38 bits per heavy atom. The number of rotatable bonds is 1. The Morgan fingerprint density at radius 2 is 2.00 bits per heavy atom. The third-order valence-electron chi connectivity index (χ3n) is 1.77. The lowest BCUT2D eigenvalue weighted by molar-refractivity contribution is -0.256. The fraction of sp³-hybridized carbons (Fsp3) is 0.857. The van der Waals surface area contributed by atoms with Gasteiger partial charge in [0.25, 0.3) is 0 Å². The third-order valence-corrected chi connectivity index (χ3v) is 1.77. The molecule has 0 spiro atoms. The average molecular weight is 192 g/mol. The van der Waals surface area contributed by atoms with Crippen LogP contribution in [0.4, 0.5) is 0 Å². The zero-order valence-corrected chi connectivity index (χ0v) is 7.08. The minimum atomic E-state index is -1.45. The Hall–Kier alpha value is -0.690. The number of hydrogen-bond acceptors (Lipinski definition) is 6. The fourth-order valence-electron chi connectivity index (χ4n) is 1.10. The van der Waals surface area contributed by atoms with E-state index in [4.69, 9.17) is 10.2 Å². The van der Waals surface area contributed by atoms with Crippen molar-refractivity contribution in [3.63, 3.8) is 0 Å². The van der Waals surface area contributed by atoms with Crippen LogP contribution in [0.2, 0.25) is 0 Å². The molecule has 1 aliphatic rings. The first-order valence-corrected chi connectivity index (χ1v) is 3.85. The molecule has 6 nitrogen and oxygen atoms in total. The van der Waals surface area contributed by atoms with E-state index in [1.807, 2.05) is 0 Å². The summed E-state index contributed by atoms with van der Waals surface area (Å²) in [6.07, 6.45) is -5.11. The van der Waals surface area contributed by atoms with Gasteiger partial charge in [-0.3, -0.25) is 4.79 Å². The second kappa shape index (κ2) is 4.01. The molecule has 1 aliphatic heterocycles. The van der Waals surface area contributed by atoms with Crippen LogP contribution in [0.15, 0.2) is 0 Å². The number of ether oxygens (including phenoxy) is 2. The molecule has 1 saturated heterocycles. The van der Waals surface area contributed by atoms with E-state index in [1.54, 1.807) is 0 Å². The maximum absolute atomic E-state index is 10.5. The Morgan fingerprint density at radius 3 is 2.54 bits per heavy atom. The summed E-state index contributed by atoms with van der Waals surface area (Å²) < 4.78 is 9.28. The highest BCUT2D eigenvalue weighted by Gasteiger charge is 2.39. The van der Waals surface area contributed by atoms with E-state index in [0.717, 1.165) is 0 Å². The summed E-state index contributed by atoms with van der Waals surface area (Å²) in [5, 5.41) is 27.3. The summed E-state index contributed by atoms with van der Waals surface area (Å²) in [6.45, 7) is 1.06. The minimum absolute atomic E-state index is 0.126. The van der Waals surface area contributed by atoms with Gasteiger partial charge < -0.3 is 24.8 Å². The predicted molar refractivity (Wildman–Crippen MR) is 39.5 cm³/mol. The van der Waals surface area contributed by atoms with Crippen LogP contribution in [0.1, 0.15) is 6.92 Å². The summed E-state index contributed by atoms with van der Waals surface area (Å²) in [5.74, 6) is -0.573.